The third-order valence-corrected chi connectivity index (χ3v) is 6.70. The molecule has 0 aliphatic carbocycles. The Morgan fingerprint density at radius 3 is 2.05 bits per heavy atom. The number of hydrogen-bond donors (Lipinski definition) is 0. The van der Waals surface area contributed by atoms with E-state index in [2.05, 4.69) is 0 Å². The molecule has 0 saturated heterocycles. The van der Waals surface area contributed by atoms with Crippen LogP contribution in [0.3, 0.4) is 0 Å². The van der Waals surface area contributed by atoms with E-state index in [0.717, 1.165) is 29.7 Å². The second kappa shape index (κ2) is 18.0. The van der Waals surface area contributed by atoms with Gasteiger partial charge in [0.15, 0.2) is 6.10 Å². The van der Waals surface area contributed by atoms with Crippen LogP contribution in [0.2, 0.25) is 0 Å². The molecule has 44 heavy (non-hydrogen) atoms. The van der Waals surface area contributed by atoms with Crippen LogP contribution in [0.1, 0.15) is 66.2 Å². The van der Waals surface area contributed by atoms with Crippen LogP contribution in [0.15, 0.2) is 72.8 Å². The number of alkyl halides is 3. The first-order valence-electron chi connectivity index (χ1n) is 14.7. The van der Waals surface area contributed by atoms with Gasteiger partial charge in [0.2, 0.25) is 0 Å². The molecule has 0 aliphatic heterocycles. The summed E-state index contributed by atoms with van der Waals surface area (Å²) in [4.78, 5) is 25.7. The number of hydrogen-bond acceptors (Lipinski definition) is 7. The molecule has 0 aliphatic rings. The normalized spacial score (nSPS) is 12.0. The second-order valence-corrected chi connectivity index (χ2v) is 10.0. The van der Waals surface area contributed by atoms with Crippen molar-refractivity contribution in [1.29, 1.82) is 0 Å². The molecule has 10 heteroatoms. The molecular weight excluding hydrogens is 577 g/mol. The molecule has 3 rings (SSSR count). The topological polar surface area (TPSA) is 80.3 Å². The number of ether oxygens (including phenoxy) is 5. The lowest BCUT2D eigenvalue weighted by molar-refractivity contribution is -0.206. The number of rotatable bonds is 18. The molecule has 7 nitrogen and oxygen atoms in total. The lowest BCUT2D eigenvalue weighted by Crippen LogP contribution is -2.34. The Kier molecular flexibility index (Phi) is 14.2. The number of unbranched alkanes of at least 4 members (excludes halogenated alkanes) is 3. The van der Waals surface area contributed by atoms with Gasteiger partial charge < -0.3 is 23.7 Å². The number of carbonyl (C=O) groups is 2. The van der Waals surface area contributed by atoms with Gasteiger partial charge in [-0.15, -0.1) is 0 Å². The standard InChI is InChI=1S/C34H39F3O7/c1-3-41-23-8-4-5-13-31(34(35,36)37)44-33(39)29-11-6-7-12-30(29)43-32(38)27-16-14-25(15-17-27)26-18-20-28(21-19-26)42-24-10-9-22-40-2/h6-7,11-12,14-21,31H,3-5,8-10,13,22-24H2,1-2H3. The van der Waals surface area contributed by atoms with Crippen molar-refractivity contribution in [3.8, 4) is 22.6 Å². The van der Waals surface area contributed by atoms with E-state index in [9.17, 15) is 22.8 Å². The van der Waals surface area contributed by atoms with Crippen molar-refractivity contribution in [2.45, 2.75) is 57.7 Å². The highest BCUT2D eigenvalue weighted by atomic mass is 19.4. The van der Waals surface area contributed by atoms with Crippen molar-refractivity contribution in [3.63, 3.8) is 0 Å². The van der Waals surface area contributed by atoms with E-state index >= 15 is 0 Å². The third kappa shape index (κ3) is 11.3. The number of esters is 2. The molecule has 0 fully saturated rings. The van der Waals surface area contributed by atoms with Crippen LogP contribution >= 0.6 is 0 Å². The number of carbonyl (C=O) groups excluding carboxylic acids is 2. The molecule has 0 heterocycles. The average molecular weight is 617 g/mol. The highest BCUT2D eigenvalue weighted by molar-refractivity contribution is 5.96. The lowest BCUT2D eigenvalue weighted by atomic mass is 10.0. The molecule has 3 aromatic rings. The molecule has 238 valence electrons. The highest BCUT2D eigenvalue weighted by Gasteiger charge is 2.42. The Hall–Kier alpha value is -3.89. The Bertz CT molecular complexity index is 1290. The van der Waals surface area contributed by atoms with E-state index in [1.807, 2.05) is 31.2 Å². The summed E-state index contributed by atoms with van der Waals surface area (Å²) in [5.41, 5.74) is 1.70. The SMILES string of the molecule is CCOCCCCCC(OC(=O)c1ccccc1OC(=O)c1ccc(-c2ccc(OCCCCOC)cc2)cc1)C(F)(F)F. The van der Waals surface area contributed by atoms with Gasteiger partial charge in [0.25, 0.3) is 0 Å². The molecule has 1 unspecified atom stereocenters. The minimum absolute atomic E-state index is 0.193. The largest absolute Gasteiger partial charge is 0.494 e. The molecule has 0 bridgehead atoms. The first-order valence-corrected chi connectivity index (χ1v) is 14.7. The summed E-state index contributed by atoms with van der Waals surface area (Å²) in [5, 5.41) is 0. The number of methoxy groups -OCH3 is 1. The van der Waals surface area contributed by atoms with Crippen LogP contribution in [0.25, 0.3) is 11.1 Å². The van der Waals surface area contributed by atoms with Gasteiger partial charge in [0.1, 0.15) is 17.1 Å². The minimum atomic E-state index is -4.74. The van der Waals surface area contributed by atoms with E-state index in [-0.39, 0.29) is 29.7 Å². The van der Waals surface area contributed by atoms with E-state index in [1.54, 1.807) is 31.4 Å². The first kappa shape index (κ1) is 34.6. The van der Waals surface area contributed by atoms with Gasteiger partial charge in [-0.3, -0.25) is 0 Å². The van der Waals surface area contributed by atoms with Crippen LogP contribution < -0.4 is 9.47 Å². The zero-order valence-electron chi connectivity index (χ0n) is 25.1. The lowest BCUT2D eigenvalue weighted by Gasteiger charge is -2.21. The summed E-state index contributed by atoms with van der Waals surface area (Å²) in [6.45, 7) is 4.14. The molecule has 0 spiro atoms. The quantitative estimate of drug-likeness (QED) is 0.0813. The van der Waals surface area contributed by atoms with Crippen molar-refractivity contribution in [2.24, 2.45) is 0 Å². The summed E-state index contributed by atoms with van der Waals surface area (Å²) in [6.07, 6.45) is -4.24. The first-order chi connectivity index (χ1) is 21.2. The van der Waals surface area contributed by atoms with Crippen LogP contribution in [0.4, 0.5) is 13.2 Å². The average Bonchev–Trinajstić information content (AvgIpc) is 3.02. The van der Waals surface area contributed by atoms with Gasteiger partial charge in [0, 0.05) is 26.9 Å². The number of halogens is 3. The highest BCUT2D eigenvalue weighted by Crippen LogP contribution is 2.30. The summed E-state index contributed by atoms with van der Waals surface area (Å²) in [5.74, 6) is -1.43. The van der Waals surface area contributed by atoms with Gasteiger partial charge in [-0.1, -0.05) is 42.8 Å². The molecule has 1 atom stereocenters. The van der Waals surface area contributed by atoms with E-state index < -0.39 is 24.2 Å². The Labute approximate surface area is 256 Å². The summed E-state index contributed by atoms with van der Waals surface area (Å²) in [7, 11) is 1.67. The van der Waals surface area contributed by atoms with Crippen LogP contribution in [0, 0.1) is 0 Å². The van der Waals surface area contributed by atoms with Gasteiger partial charge in [-0.05, 0) is 86.6 Å². The molecule has 0 aromatic heterocycles. The fourth-order valence-corrected chi connectivity index (χ4v) is 4.30. The van der Waals surface area contributed by atoms with E-state index in [0.29, 0.717) is 39.3 Å². The molecule has 0 radical (unpaired) electrons. The molecule has 0 N–H and O–H groups in total. The predicted octanol–water partition coefficient (Wildman–Crippen LogP) is 8.06. The van der Waals surface area contributed by atoms with E-state index in [4.69, 9.17) is 23.7 Å². The summed E-state index contributed by atoms with van der Waals surface area (Å²) in [6, 6.07) is 19.8. The molecular formula is C34H39F3O7. The van der Waals surface area contributed by atoms with Crippen molar-refractivity contribution < 1.29 is 46.4 Å². The maximum atomic E-state index is 13.6. The maximum Gasteiger partial charge on any atom is 0.425 e. The van der Waals surface area contributed by atoms with E-state index in [1.165, 1.54) is 24.3 Å². The zero-order valence-corrected chi connectivity index (χ0v) is 25.1. The molecule has 0 saturated carbocycles. The monoisotopic (exact) mass is 616 g/mol. The fraction of sp³-hybridized carbons (Fsp3) is 0.412. The van der Waals surface area contributed by atoms with Gasteiger partial charge in [-0.2, -0.15) is 13.2 Å². The summed E-state index contributed by atoms with van der Waals surface area (Å²) >= 11 is 0. The fourth-order valence-electron chi connectivity index (χ4n) is 4.30. The molecule has 0 amide bonds. The van der Waals surface area contributed by atoms with Gasteiger partial charge in [-0.25, -0.2) is 9.59 Å². The number of para-hydroxylation sites is 1. The Balaban J connectivity index is 1.59. The number of benzene rings is 3. The smallest absolute Gasteiger partial charge is 0.425 e. The maximum absolute atomic E-state index is 13.6. The van der Waals surface area contributed by atoms with Gasteiger partial charge in [0.05, 0.1) is 12.2 Å². The van der Waals surface area contributed by atoms with Crippen LogP contribution in [-0.2, 0) is 14.2 Å². The second-order valence-electron chi connectivity index (χ2n) is 10.0. The summed E-state index contributed by atoms with van der Waals surface area (Å²) < 4.78 is 67.1. The van der Waals surface area contributed by atoms with Crippen molar-refractivity contribution >= 4 is 11.9 Å². The minimum Gasteiger partial charge on any atom is -0.494 e. The zero-order chi connectivity index (χ0) is 31.8. The van der Waals surface area contributed by atoms with Crippen molar-refractivity contribution in [1.82, 2.24) is 0 Å². The Morgan fingerprint density at radius 2 is 1.39 bits per heavy atom. The third-order valence-electron chi connectivity index (χ3n) is 6.70. The van der Waals surface area contributed by atoms with Crippen LogP contribution in [0.5, 0.6) is 11.5 Å². The Morgan fingerprint density at radius 1 is 0.750 bits per heavy atom. The predicted molar refractivity (Wildman–Crippen MR) is 160 cm³/mol. The van der Waals surface area contributed by atoms with Crippen molar-refractivity contribution in [3.05, 3.63) is 83.9 Å². The molecule has 3 aromatic carbocycles. The van der Waals surface area contributed by atoms with Crippen LogP contribution in [-0.4, -0.2) is 57.8 Å². The van der Waals surface area contributed by atoms with Gasteiger partial charge >= 0.3 is 18.1 Å². The van der Waals surface area contributed by atoms with Crippen molar-refractivity contribution in [2.75, 3.05) is 33.5 Å².